The number of nitrogen functional groups attached to an aromatic ring is 1. The van der Waals surface area contributed by atoms with E-state index in [0.717, 1.165) is 5.01 Å². The molecule has 0 bridgehead atoms. The van der Waals surface area contributed by atoms with Crippen molar-refractivity contribution < 1.29 is 8.42 Å². The van der Waals surface area contributed by atoms with Crippen molar-refractivity contribution in [3.63, 3.8) is 0 Å². The Hall–Kier alpha value is -1.68. The molecule has 2 aromatic heterocycles. The van der Waals surface area contributed by atoms with E-state index in [1.54, 1.807) is 7.05 Å². The Morgan fingerprint density at radius 1 is 1.50 bits per heavy atom. The molecule has 3 N–H and O–H groups in total. The van der Waals surface area contributed by atoms with E-state index >= 15 is 0 Å². The Balaban J connectivity index is 2.29. The Morgan fingerprint density at radius 3 is 2.72 bits per heavy atom. The van der Waals surface area contributed by atoms with Crippen molar-refractivity contribution in [1.29, 1.82) is 0 Å². The maximum atomic E-state index is 12.0. The monoisotopic (exact) mass is 288 g/mol. The Morgan fingerprint density at radius 2 is 2.22 bits per heavy atom. The van der Waals surface area contributed by atoms with E-state index in [9.17, 15) is 8.42 Å². The lowest BCUT2D eigenvalue weighted by Gasteiger charge is -2.01. The molecule has 0 aliphatic heterocycles. The van der Waals surface area contributed by atoms with Crippen LogP contribution in [0.4, 0.5) is 10.9 Å². The largest absolute Gasteiger partial charge is 0.381 e. The number of aryl methyl sites for hydroxylation is 2. The van der Waals surface area contributed by atoms with Gasteiger partial charge in [-0.05, 0) is 6.42 Å². The van der Waals surface area contributed by atoms with Gasteiger partial charge < -0.3 is 5.73 Å². The van der Waals surface area contributed by atoms with Gasteiger partial charge in [0.15, 0.2) is 5.82 Å². The van der Waals surface area contributed by atoms with Gasteiger partial charge in [0.1, 0.15) is 9.90 Å². The van der Waals surface area contributed by atoms with Crippen LogP contribution >= 0.6 is 11.3 Å². The number of nitrogens with one attached hydrogen (secondary N) is 1. The molecule has 0 fully saturated rings. The summed E-state index contributed by atoms with van der Waals surface area (Å²) in [7, 11) is -2.18. The Bertz CT molecular complexity index is 659. The first-order chi connectivity index (χ1) is 8.42. The molecule has 0 radical (unpaired) electrons. The van der Waals surface area contributed by atoms with E-state index < -0.39 is 10.0 Å². The van der Waals surface area contributed by atoms with Gasteiger partial charge in [0.25, 0.3) is 10.0 Å². The van der Waals surface area contributed by atoms with E-state index in [2.05, 4.69) is 20.0 Å². The average Bonchev–Trinajstić information content (AvgIpc) is 2.84. The fourth-order valence-corrected chi connectivity index (χ4v) is 3.31. The second kappa shape index (κ2) is 4.53. The molecule has 8 nitrogen and oxygen atoms in total. The summed E-state index contributed by atoms with van der Waals surface area (Å²) >= 11 is 1.19. The molecular weight excluding hydrogens is 276 g/mol. The molecule has 0 amide bonds. The fraction of sp³-hybridized carbons (Fsp3) is 0.375. The van der Waals surface area contributed by atoms with Crippen LogP contribution in [0.15, 0.2) is 11.1 Å². The highest BCUT2D eigenvalue weighted by atomic mass is 32.2. The highest BCUT2D eigenvalue weighted by molar-refractivity contribution is 7.93. The molecule has 0 aliphatic rings. The van der Waals surface area contributed by atoms with Crippen LogP contribution in [0.2, 0.25) is 0 Å². The smallest absolute Gasteiger partial charge is 0.268 e. The summed E-state index contributed by atoms with van der Waals surface area (Å²) in [6.45, 7) is 1.91. The van der Waals surface area contributed by atoms with Gasteiger partial charge in [-0.2, -0.15) is 5.10 Å². The number of anilines is 2. The zero-order chi connectivity index (χ0) is 13.3. The van der Waals surface area contributed by atoms with Gasteiger partial charge >= 0.3 is 0 Å². The summed E-state index contributed by atoms with van der Waals surface area (Å²) in [5.41, 5.74) is 5.53. The molecule has 0 atom stereocenters. The predicted octanol–water partition coefficient (Wildman–Crippen LogP) is 0.217. The lowest BCUT2D eigenvalue weighted by Crippen LogP contribution is -2.13. The minimum Gasteiger partial charge on any atom is -0.381 e. The molecule has 0 saturated heterocycles. The summed E-state index contributed by atoms with van der Waals surface area (Å²) < 4.78 is 27.7. The van der Waals surface area contributed by atoms with E-state index in [-0.39, 0.29) is 15.8 Å². The number of hydrogen-bond acceptors (Lipinski definition) is 7. The third-order valence-electron chi connectivity index (χ3n) is 2.10. The van der Waals surface area contributed by atoms with Crippen molar-refractivity contribution in [3.05, 3.63) is 11.2 Å². The van der Waals surface area contributed by atoms with Crippen molar-refractivity contribution in [3.8, 4) is 0 Å². The Kier molecular flexibility index (Phi) is 3.22. The number of sulfonamides is 1. The van der Waals surface area contributed by atoms with Crippen LogP contribution in [0.5, 0.6) is 0 Å². The molecule has 0 saturated carbocycles. The first-order valence-electron chi connectivity index (χ1n) is 5.06. The summed E-state index contributed by atoms with van der Waals surface area (Å²) in [5, 5.41) is 12.3. The van der Waals surface area contributed by atoms with E-state index in [1.807, 2.05) is 6.92 Å². The van der Waals surface area contributed by atoms with Crippen LogP contribution in [-0.4, -0.2) is 28.4 Å². The van der Waals surface area contributed by atoms with Crippen molar-refractivity contribution in [2.45, 2.75) is 18.2 Å². The normalized spacial score (nSPS) is 11.7. The second-order valence-corrected chi connectivity index (χ2v) is 6.23. The number of nitrogens with two attached hydrogens (primary N) is 1. The maximum Gasteiger partial charge on any atom is 0.268 e. The molecule has 10 heteroatoms. The Labute approximate surface area is 108 Å². The van der Waals surface area contributed by atoms with Crippen molar-refractivity contribution in [1.82, 2.24) is 20.0 Å². The molecule has 0 unspecified atom stereocenters. The molecule has 0 aromatic carbocycles. The first kappa shape index (κ1) is 12.8. The van der Waals surface area contributed by atoms with Gasteiger partial charge in [-0.1, -0.05) is 18.3 Å². The minimum atomic E-state index is -3.77. The zero-order valence-electron chi connectivity index (χ0n) is 9.78. The van der Waals surface area contributed by atoms with Crippen LogP contribution in [0, 0.1) is 0 Å². The number of nitrogens with zero attached hydrogens (tertiary/aromatic N) is 4. The average molecular weight is 288 g/mol. The van der Waals surface area contributed by atoms with Crippen LogP contribution in [0.25, 0.3) is 0 Å². The van der Waals surface area contributed by atoms with E-state index in [4.69, 9.17) is 5.73 Å². The van der Waals surface area contributed by atoms with E-state index in [0.29, 0.717) is 6.42 Å². The molecule has 2 rings (SSSR count). The topological polar surface area (TPSA) is 116 Å². The lowest BCUT2D eigenvalue weighted by molar-refractivity contribution is 0.601. The molecule has 0 aliphatic carbocycles. The van der Waals surface area contributed by atoms with Crippen molar-refractivity contribution in [2.24, 2.45) is 7.05 Å². The van der Waals surface area contributed by atoms with Crippen LogP contribution in [0.3, 0.4) is 0 Å². The molecule has 0 spiro atoms. The van der Waals surface area contributed by atoms with Crippen LogP contribution < -0.4 is 10.5 Å². The van der Waals surface area contributed by atoms with Crippen molar-refractivity contribution in [2.75, 3.05) is 10.5 Å². The third-order valence-corrected chi connectivity index (χ3v) is 4.57. The lowest BCUT2D eigenvalue weighted by atomic mass is 10.5. The van der Waals surface area contributed by atoms with Crippen LogP contribution in [0.1, 0.15) is 11.9 Å². The number of aromatic nitrogens is 4. The summed E-state index contributed by atoms with van der Waals surface area (Å²) in [6.07, 6.45) is 2.04. The van der Waals surface area contributed by atoms with Gasteiger partial charge in [0.05, 0.1) is 0 Å². The van der Waals surface area contributed by atoms with Gasteiger partial charge in [-0.3, -0.25) is 9.40 Å². The van der Waals surface area contributed by atoms with Gasteiger partial charge in [-0.25, -0.2) is 8.42 Å². The SMILES string of the molecule is CCc1nnc(NS(=O)(=O)c2cn(C)nc2N)s1. The number of rotatable bonds is 4. The summed E-state index contributed by atoms with van der Waals surface area (Å²) in [4.78, 5) is -0.0711. The molecule has 2 aromatic rings. The summed E-state index contributed by atoms with van der Waals surface area (Å²) in [5.74, 6) is -0.0507. The standard InChI is InChI=1S/C8H12N6O2S2/c1-3-6-10-11-8(17-6)13-18(15,16)5-4-14(2)12-7(5)9/h4H,3H2,1-2H3,(H2,9,12)(H,11,13). The second-order valence-electron chi connectivity index (χ2n) is 3.51. The maximum absolute atomic E-state index is 12.0. The molecule has 98 valence electrons. The van der Waals surface area contributed by atoms with Crippen LogP contribution in [-0.2, 0) is 23.5 Å². The van der Waals surface area contributed by atoms with Gasteiger partial charge in [0, 0.05) is 13.2 Å². The van der Waals surface area contributed by atoms with Crippen molar-refractivity contribution >= 4 is 32.3 Å². The summed E-state index contributed by atoms with van der Waals surface area (Å²) in [6, 6.07) is 0. The molecule has 18 heavy (non-hydrogen) atoms. The fourth-order valence-electron chi connectivity index (χ4n) is 1.30. The first-order valence-corrected chi connectivity index (χ1v) is 7.36. The number of hydrogen-bond donors (Lipinski definition) is 2. The van der Waals surface area contributed by atoms with Gasteiger partial charge in [0.2, 0.25) is 5.13 Å². The van der Waals surface area contributed by atoms with E-state index in [1.165, 1.54) is 22.2 Å². The molecule has 2 heterocycles. The highest BCUT2D eigenvalue weighted by Gasteiger charge is 2.22. The predicted molar refractivity (Wildman–Crippen MR) is 67.7 cm³/mol. The quantitative estimate of drug-likeness (QED) is 0.831. The third kappa shape index (κ3) is 2.43. The zero-order valence-corrected chi connectivity index (χ0v) is 11.4. The molecular formula is C8H12N6O2S2. The highest BCUT2D eigenvalue weighted by Crippen LogP contribution is 2.22. The minimum absolute atomic E-state index is 0.0507. The van der Waals surface area contributed by atoms with Gasteiger partial charge in [-0.15, -0.1) is 10.2 Å².